The average molecular weight is 388 g/mol. The molecule has 0 spiro atoms. The van der Waals surface area contributed by atoms with E-state index < -0.39 is 0 Å². The highest BCUT2D eigenvalue weighted by Gasteiger charge is 2.22. The summed E-state index contributed by atoms with van der Waals surface area (Å²) in [7, 11) is 0. The summed E-state index contributed by atoms with van der Waals surface area (Å²) in [6.07, 6.45) is 0.917. The van der Waals surface area contributed by atoms with Crippen LogP contribution in [0.1, 0.15) is 13.3 Å². The highest BCUT2D eigenvalue weighted by atomic mass is 35.5. The van der Waals surface area contributed by atoms with Crippen molar-refractivity contribution in [2.75, 3.05) is 19.7 Å². The van der Waals surface area contributed by atoms with Gasteiger partial charge in [0.15, 0.2) is 6.61 Å². The van der Waals surface area contributed by atoms with Crippen molar-refractivity contribution in [1.29, 1.82) is 0 Å². The molecule has 1 amide bonds. The minimum Gasteiger partial charge on any atom is -0.482 e. The van der Waals surface area contributed by atoms with E-state index in [0.29, 0.717) is 26.7 Å². The van der Waals surface area contributed by atoms with Crippen molar-refractivity contribution in [3.8, 4) is 5.75 Å². The summed E-state index contributed by atoms with van der Waals surface area (Å²) in [5.41, 5.74) is 0. The maximum atomic E-state index is 11.9. The van der Waals surface area contributed by atoms with E-state index in [0.717, 1.165) is 19.5 Å². The molecule has 2 atom stereocenters. The summed E-state index contributed by atoms with van der Waals surface area (Å²) >= 11 is 17.7. The largest absolute Gasteiger partial charge is 0.482 e. The summed E-state index contributed by atoms with van der Waals surface area (Å²) in [6, 6.07) is 3.17. The Morgan fingerprint density at radius 1 is 1.32 bits per heavy atom. The molecule has 0 aromatic heterocycles. The predicted octanol–water partition coefficient (Wildman–Crippen LogP) is 3.56. The first kappa shape index (κ1) is 19.7. The Hall–Kier alpha value is -0.390. The first-order valence-corrected chi connectivity index (χ1v) is 7.88. The maximum absolute atomic E-state index is 11.9. The van der Waals surface area contributed by atoms with Gasteiger partial charge in [-0.05, 0) is 31.5 Å². The minimum absolute atomic E-state index is 0. The second-order valence-electron chi connectivity index (χ2n) is 5.13. The van der Waals surface area contributed by atoms with Crippen molar-refractivity contribution in [2.24, 2.45) is 5.92 Å². The highest BCUT2D eigenvalue weighted by molar-refractivity contribution is 6.43. The molecule has 2 unspecified atom stereocenters. The Morgan fingerprint density at radius 2 is 2.00 bits per heavy atom. The van der Waals surface area contributed by atoms with E-state index in [1.54, 1.807) is 0 Å². The van der Waals surface area contributed by atoms with Gasteiger partial charge in [-0.15, -0.1) is 12.4 Å². The molecular weight excluding hydrogens is 370 g/mol. The molecule has 4 nitrogen and oxygen atoms in total. The summed E-state index contributed by atoms with van der Waals surface area (Å²) in [4.78, 5) is 11.9. The lowest BCUT2D eigenvalue weighted by molar-refractivity contribution is -0.124. The molecule has 1 saturated heterocycles. The molecule has 1 aromatic rings. The van der Waals surface area contributed by atoms with Gasteiger partial charge in [0.2, 0.25) is 0 Å². The normalized spacial score (nSPS) is 20.9. The number of hydrogen-bond acceptors (Lipinski definition) is 3. The van der Waals surface area contributed by atoms with Gasteiger partial charge < -0.3 is 15.4 Å². The van der Waals surface area contributed by atoms with Crippen molar-refractivity contribution in [3.63, 3.8) is 0 Å². The lowest BCUT2D eigenvalue weighted by atomic mass is 9.95. The van der Waals surface area contributed by atoms with Gasteiger partial charge in [-0.1, -0.05) is 41.7 Å². The Bertz CT molecular complexity index is 528. The number of nitrogens with one attached hydrogen (secondary N) is 2. The molecule has 124 valence electrons. The molecule has 1 aliphatic heterocycles. The number of carbonyl (C=O) groups is 1. The number of halogens is 4. The molecule has 2 rings (SSSR count). The number of hydrogen-bond donors (Lipinski definition) is 2. The van der Waals surface area contributed by atoms with Crippen LogP contribution < -0.4 is 15.4 Å². The average Bonchev–Trinajstić information content (AvgIpc) is 2.44. The first-order valence-electron chi connectivity index (χ1n) is 6.75. The van der Waals surface area contributed by atoms with Crippen LogP contribution in [0.5, 0.6) is 5.75 Å². The van der Waals surface area contributed by atoms with Gasteiger partial charge in [-0.2, -0.15) is 0 Å². The quantitative estimate of drug-likeness (QED) is 0.776. The van der Waals surface area contributed by atoms with Crippen LogP contribution in [0, 0.1) is 5.92 Å². The highest BCUT2D eigenvalue weighted by Crippen LogP contribution is 2.33. The lowest BCUT2D eigenvalue weighted by Gasteiger charge is -2.30. The molecule has 2 N–H and O–H groups in total. The van der Waals surface area contributed by atoms with E-state index in [1.807, 2.05) is 0 Å². The van der Waals surface area contributed by atoms with E-state index in [9.17, 15) is 4.79 Å². The first-order chi connectivity index (χ1) is 9.97. The number of benzene rings is 1. The Kier molecular flexibility index (Phi) is 8.08. The van der Waals surface area contributed by atoms with Crippen LogP contribution in [-0.2, 0) is 4.79 Å². The number of ether oxygens (including phenoxy) is 1. The minimum atomic E-state index is -0.170. The van der Waals surface area contributed by atoms with Crippen LogP contribution in [-0.4, -0.2) is 31.6 Å². The Morgan fingerprint density at radius 3 is 2.68 bits per heavy atom. The zero-order chi connectivity index (χ0) is 15.4. The van der Waals surface area contributed by atoms with Crippen LogP contribution >= 0.6 is 47.2 Å². The molecule has 8 heteroatoms. The number of carbonyl (C=O) groups excluding carboxylic acids is 1. The van der Waals surface area contributed by atoms with Crippen LogP contribution in [0.3, 0.4) is 0 Å². The fraction of sp³-hybridized carbons (Fsp3) is 0.500. The third-order valence-electron chi connectivity index (χ3n) is 3.47. The van der Waals surface area contributed by atoms with E-state index >= 15 is 0 Å². The molecule has 0 radical (unpaired) electrons. The molecule has 1 aromatic carbocycles. The number of amides is 1. The van der Waals surface area contributed by atoms with E-state index in [-0.39, 0.29) is 31.0 Å². The molecule has 22 heavy (non-hydrogen) atoms. The third kappa shape index (κ3) is 5.36. The third-order valence-corrected chi connectivity index (χ3v) is 4.48. The second kappa shape index (κ2) is 9.04. The van der Waals surface area contributed by atoms with Crippen LogP contribution in [0.2, 0.25) is 15.1 Å². The Labute approximate surface area is 151 Å². The van der Waals surface area contributed by atoms with E-state index in [2.05, 4.69) is 17.6 Å². The zero-order valence-corrected chi connectivity index (χ0v) is 15.1. The van der Waals surface area contributed by atoms with Crippen LogP contribution in [0.15, 0.2) is 12.1 Å². The Balaban J connectivity index is 0.00000242. The monoisotopic (exact) mass is 386 g/mol. The predicted molar refractivity (Wildman–Crippen MR) is 92.8 cm³/mol. The molecule has 0 bridgehead atoms. The van der Waals surface area contributed by atoms with Gasteiger partial charge >= 0.3 is 0 Å². The van der Waals surface area contributed by atoms with Crippen molar-refractivity contribution in [2.45, 2.75) is 19.4 Å². The summed E-state index contributed by atoms with van der Waals surface area (Å²) < 4.78 is 5.41. The van der Waals surface area contributed by atoms with Gasteiger partial charge in [0.05, 0.1) is 15.1 Å². The van der Waals surface area contributed by atoms with Crippen LogP contribution in [0.25, 0.3) is 0 Å². The molecule has 0 aliphatic carbocycles. The van der Waals surface area contributed by atoms with Crippen molar-refractivity contribution >= 4 is 53.1 Å². The van der Waals surface area contributed by atoms with Gasteiger partial charge in [0.25, 0.3) is 5.91 Å². The molecular formula is C14H18Cl4N2O2. The van der Waals surface area contributed by atoms with Crippen molar-refractivity contribution in [1.82, 2.24) is 10.6 Å². The molecule has 1 fully saturated rings. The zero-order valence-electron chi connectivity index (χ0n) is 12.0. The smallest absolute Gasteiger partial charge is 0.258 e. The van der Waals surface area contributed by atoms with Crippen molar-refractivity contribution in [3.05, 3.63) is 27.2 Å². The summed E-state index contributed by atoms with van der Waals surface area (Å²) in [5, 5.41) is 7.28. The van der Waals surface area contributed by atoms with Crippen LogP contribution in [0.4, 0.5) is 0 Å². The van der Waals surface area contributed by atoms with Gasteiger partial charge in [0, 0.05) is 12.1 Å². The molecule has 1 aliphatic rings. The number of piperidine rings is 1. The van der Waals surface area contributed by atoms with Gasteiger partial charge in [-0.25, -0.2) is 0 Å². The lowest BCUT2D eigenvalue weighted by Crippen LogP contribution is -2.49. The number of rotatable bonds is 4. The second-order valence-corrected chi connectivity index (χ2v) is 6.35. The van der Waals surface area contributed by atoms with E-state index in [1.165, 1.54) is 12.1 Å². The fourth-order valence-corrected chi connectivity index (χ4v) is 2.83. The van der Waals surface area contributed by atoms with Crippen molar-refractivity contribution < 1.29 is 9.53 Å². The standard InChI is InChI=1S/C14H17Cl3N2O2.ClH/c1-8-6-18-3-2-12(8)19-14(20)7-21-13-5-10(16)9(15)4-11(13)17;/h4-5,8,12,18H,2-3,6-7H2,1H3,(H,19,20);1H. The van der Waals surface area contributed by atoms with Gasteiger partial charge in [-0.3, -0.25) is 4.79 Å². The fourth-order valence-electron chi connectivity index (χ4n) is 2.24. The van der Waals surface area contributed by atoms with E-state index in [4.69, 9.17) is 39.5 Å². The molecule has 0 saturated carbocycles. The topological polar surface area (TPSA) is 50.4 Å². The summed E-state index contributed by atoms with van der Waals surface area (Å²) in [5.74, 6) is 0.576. The summed E-state index contributed by atoms with van der Waals surface area (Å²) in [6.45, 7) is 3.82. The maximum Gasteiger partial charge on any atom is 0.258 e. The molecule has 1 heterocycles. The van der Waals surface area contributed by atoms with Gasteiger partial charge in [0.1, 0.15) is 5.75 Å². The SMILES string of the molecule is CC1CNCCC1NC(=O)COc1cc(Cl)c(Cl)cc1Cl.Cl.